The molecule has 19 heavy (non-hydrogen) atoms. The van der Waals surface area contributed by atoms with E-state index in [1.165, 1.54) is 0 Å². The Morgan fingerprint density at radius 1 is 1.63 bits per heavy atom. The van der Waals surface area contributed by atoms with Crippen molar-refractivity contribution in [2.24, 2.45) is 5.92 Å². The van der Waals surface area contributed by atoms with Crippen molar-refractivity contribution in [3.63, 3.8) is 0 Å². The van der Waals surface area contributed by atoms with E-state index < -0.39 is 10.9 Å². The average Bonchev–Trinajstić information content (AvgIpc) is 2.37. The molecule has 0 aliphatic heterocycles. The Morgan fingerprint density at radius 3 is 2.74 bits per heavy atom. The molecule has 7 heteroatoms. The van der Waals surface area contributed by atoms with Crippen LogP contribution in [0, 0.1) is 16.0 Å². The Hall–Kier alpha value is -2.18. The van der Waals surface area contributed by atoms with Gasteiger partial charge in [-0.1, -0.05) is 20.3 Å². The molecule has 0 aromatic carbocycles. The maximum atomic E-state index is 11.0. The molecule has 0 amide bonds. The molecule has 0 saturated carbocycles. The van der Waals surface area contributed by atoms with Gasteiger partial charge in [-0.2, -0.15) is 0 Å². The summed E-state index contributed by atoms with van der Waals surface area (Å²) in [5.74, 6) is -0.674. The van der Waals surface area contributed by atoms with Crippen molar-refractivity contribution in [3.05, 3.63) is 27.9 Å². The topological polar surface area (TPSA) is 96.6 Å². The molecule has 0 fully saturated rings. The quantitative estimate of drug-likeness (QED) is 0.626. The van der Waals surface area contributed by atoms with Gasteiger partial charge < -0.3 is 10.0 Å². The van der Waals surface area contributed by atoms with Crippen LogP contribution in [-0.4, -0.2) is 34.6 Å². The van der Waals surface area contributed by atoms with Crippen LogP contribution < -0.4 is 4.90 Å². The number of carboxylic acids is 1. The molecule has 0 aliphatic rings. The number of carboxylic acid groups (broad SMARTS) is 1. The molecule has 1 unspecified atom stereocenters. The third-order valence-corrected chi connectivity index (χ3v) is 2.93. The van der Waals surface area contributed by atoms with Gasteiger partial charge in [-0.3, -0.25) is 10.1 Å². The van der Waals surface area contributed by atoms with E-state index in [9.17, 15) is 14.9 Å². The molecule has 0 radical (unpaired) electrons. The van der Waals surface area contributed by atoms with Gasteiger partial charge in [0.2, 0.25) is 5.82 Å². The Bertz CT molecular complexity index is 490. The van der Waals surface area contributed by atoms with Crippen LogP contribution in [0.3, 0.4) is 0 Å². The molecule has 0 aliphatic carbocycles. The third kappa shape index (κ3) is 3.64. The van der Waals surface area contributed by atoms with Gasteiger partial charge in [0.25, 0.3) is 0 Å². The molecule has 0 spiro atoms. The number of nitro groups is 1. The summed E-state index contributed by atoms with van der Waals surface area (Å²) in [6, 6.07) is 1.04. The summed E-state index contributed by atoms with van der Waals surface area (Å²) in [7, 11) is 1.71. The van der Waals surface area contributed by atoms with Crippen LogP contribution in [0.5, 0.6) is 0 Å². The van der Waals surface area contributed by atoms with Crippen molar-refractivity contribution < 1.29 is 14.8 Å². The van der Waals surface area contributed by atoms with Crippen molar-refractivity contribution in [3.8, 4) is 0 Å². The summed E-state index contributed by atoms with van der Waals surface area (Å²) >= 11 is 0. The molecule has 7 nitrogen and oxygen atoms in total. The van der Waals surface area contributed by atoms with Gasteiger partial charge in [-0.15, -0.1) is 0 Å². The fraction of sp³-hybridized carbons (Fsp3) is 0.500. The van der Waals surface area contributed by atoms with E-state index in [4.69, 9.17) is 5.11 Å². The smallest absolute Gasteiger partial charge is 0.337 e. The van der Waals surface area contributed by atoms with Gasteiger partial charge in [0.05, 0.1) is 10.5 Å². The van der Waals surface area contributed by atoms with Crippen molar-refractivity contribution in [2.45, 2.75) is 20.3 Å². The number of hydrogen-bond donors (Lipinski definition) is 1. The Labute approximate surface area is 111 Å². The zero-order chi connectivity index (χ0) is 14.6. The van der Waals surface area contributed by atoms with Crippen LogP contribution in [0.2, 0.25) is 0 Å². The lowest BCUT2D eigenvalue weighted by Crippen LogP contribution is -2.25. The fourth-order valence-corrected chi connectivity index (χ4v) is 1.67. The lowest BCUT2D eigenvalue weighted by Gasteiger charge is -2.21. The first-order valence-corrected chi connectivity index (χ1v) is 5.95. The number of aromatic carboxylic acids is 1. The summed E-state index contributed by atoms with van der Waals surface area (Å²) < 4.78 is 0. The summed E-state index contributed by atoms with van der Waals surface area (Å²) in [5.41, 5.74) is -0.474. The minimum atomic E-state index is -1.23. The second-order valence-electron chi connectivity index (χ2n) is 4.52. The lowest BCUT2D eigenvalue weighted by molar-refractivity contribution is -0.384. The van der Waals surface area contributed by atoms with Gasteiger partial charge in [-0.25, -0.2) is 9.78 Å². The van der Waals surface area contributed by atoms with Crippen molar-refractivity contribution >= 4 is 17.5 Å². The number of nitrogens with zero attached hydrogens (tertiary/aromatic N) is 3. The Kier molecular flexibility index (Phi) is 4.80. The predicted octanol–water partition coefficient (Wildman–Crippen LogP) is 2.17. The van der Waals surface area contributed by atoms with Crippen LogP contribution in [-0.2, 0) is 0 Å². The molecule has 1 N–H and O–H groups in total. The van der Waals surface area contributed by atoms with Crippen molar-refractivity contribution in [2.75, 3.05) is 18.5 Å². The number of carbonyl (C=O) groups is 1. The minimum absolute atomic E-state index is 0.188. The molecular formula is C12H17N3O4. The van der Waals surface area contributed by atoms with Crippen LogP contribution >= 0.6 is 0 Å². The highest BCUT2D eigenvalue weighted by Gasteiger charge is 2.22. The minimum Gasteiger partial charge on any atom is -0.478 e. The van der Waals surface area contributed by atoms with Gasteiger partial charge >= 0.3 is 11.7 Å². The lowest BCUT2D eigenvalue weighted by atomic mass is 10.1. The first-order valence-electron chi connectivity index (χ1n) is 5.95. The molecule has 1 rings (SSSR count). The number of aromatic nitrogens is 1. The molecule has 1 atom stereocenters. The number of rotatable bonds is 6. The second kappa shape index (κ2) is 6.12. The first kappa shape index (κ1) is 14.9. The summed E-state index contributed by atoms with van der Waals surface area (Å²) in [5, 5.41) is 19.8. The molecule has 1 aromatic heterocycles. The highest BCUT2D eigenvalue weighted by molar-refractivity contribution is 5.88. The molecule has 104 valence electrons. The highest BCUT2D eigenvalue weighted by atomic mass is 16.6. The predicted molar refractivity (Wildman–Crippen MR) is 70.6 cm³/mol. The summed E-state index contributed by atoms with van der Waals surface area (Å²) in [6.07, 6.45) is 2.09. The number of pyridine rings is 1. The normalized spacial score (nSPS) is 11.9. The van der Waals surface area contributed by atoms with Crippen LogP contribution in [0.4, 0.5) is 11.5 Å². The van der Waals surface area contributed by atoms with E-state index >= 15 is 0 Å². The van der Waals surface area contributed by atoms with Gasteiger partial charge in [0.1, 0.15) is 0 Å². The average molecular weight is 267 g/mol. The van der Waals surface area contributed by atoms with Gasteiger partial charge in [0.15, 0.2) is 0 Å². The van der Waals surface area contributed by atoms with E-state index in [0.717, 1.165) is 18.7 Å². The number of hydrogen-bond acceptors (Lipinski definition) is 5. The van der Waals surface area contributed by atoms with Crippen LogP contribution in [0.1, 0.15) is 30.6 Å². The Balaban J connectivity index is 3.12. The SMILES string of the molecule is CCC(C)CN(C)c1ncc(C(=O)O)cc1[N+](=O)[O-]. The fourth-order valence-electron chi connectivity index (χ4n) is 1.67. The molecule has 0 saturated heterocycles. The molecule has 1 aromatic rings. The van der Waals surface area contributed by atoms with E-state index in [2.05, 4.69) is 4.98 Å². The van der Waals surface area contributed by atoms with Crippen molar-refractivity contribution in [1.82, 2.24) is 4.98 Å². The van der Waals surface area contributed by atoms with E-state index in [0.29, 0.717) is 12.5 Å². The summed E-state index contributed by atoms with van der Waals surface area (Å²) in [6.45, 7) is 4.69. The second-order valence-corrected chi connectivity index (χ2v) is 4.52. The zero-order valence-corrected chi connectivity index (χ0v) is 11.2. The first-order chi connectivity index (χ1) is 8.86. The zero-order valence-electron chi connectivity index (χ0n) is 11.2. The summed E-state index contributed by atoms with van der Waals surface area (Å²) in [4.78, 5) is 26.8. The molecule has 1 heterocycles. The van der Waals surface area contributed by atoms with Crippen LogP contribution in [0.25, 0.3) is 0 Å². The standard InChI is InChI=1S/C12H17N3O4/c1-4-8(2)7-14(3)11-10(15(18)19)5-9(6-13-11)12(16)17/h5-6,8H,4,7H2,1-3H3,(H,16,17). The molecular weight excluding hydrogens is 250 g/mol. The number of anilines is 1. The van der Waals surface area contributed by atoms with Gasteiger partial charge in [0, 0.05) is 25.9 Å². The van der Waals surface area contributed by atoms with E-state index in [1.807, 2.05) is 13.8 Å². The Morgan fingerprint density at radius 2 is 2.26 bits per heavy atom. The highest BCUT2D eigenvalue weighted by Crippen LogP contribution is 2.26. The monoisotopic (exact) mass is 267 g/mol. The van der Waals surface area contributed by atoms with Crippen molar-refractivity contribution in [1.29, 1.82) is 0 Å². The third-order valence-electron chi connectivity index (χ3n) is 2.93. The van der Waals surface area contributed by atoms with Crippen LogP contribution in [0.15, 0.2) is 12.3 Å². The molecule has 0 bridgehead atoms. The van der Waals surface area contributed by atoms with E-state index in [1.54, 1.807) is 11.9 Å². The maximum Gasteiger partial charge on any atom is 0.337 e. The maximum absolute atomic E-state index is 11.0. The van der Waals surface area contributed by atoms with E-state index in [-0.39, 0.29) is 17.1 Å². The van der Waals surface area contributed by atoms with Gasteiger partial charge in [-0.05, 0) is 5.92 Å². The largest absolute Gasteiger partial charge is 0.478 e.